The first-order chi connectivity index (χ1) is 9.19. The Morgan fingerprint density at radius 1 is 1.16 bits per heavy atom. The lowest BCUT2D eigenvalue weighted by atomic mass is 10.2. The summed E-state index contributed by atoms with van der Waals surface area (Å²) >= 11 is 3.45. The number of carbonyl (C=O) groups is 1. The third-order valence-corrected chi connectivity index (χ3v) is 3.66. The molecule has 0 spiro atoms. The number of hydrogen-bond acceptors (Lipinski definition) is 1. The number of benzene rings is 1. The molecular formula is C15H23BrN2O. The molecule has 1 aromatic rings. The molecule has 0 saturated heterocycles. The summed E-state index contributed by atoms with van der Waals surface area (Å²) in [6.07, 6.45) is 4.30. The van der Waals surface area contributed by atoms with Crippen molar-refractivity contribution in [1.29, 1.82) is 0 Å². The van der Waals surface area contributed by atoms with Crippen molar-refractivity contribution >= 4 is 27.6 Å². The lowest BCUT2D eigenvalue weighted by molar-refractivity contribution is 0.210. The van der Waals surface area contributed by atoms with Crippen LogP contribution in [0.25, 0.3) is 0 Å². The SMILES string of the molecule is CCCCN(CCCC)C(=O)Nc1ccccc1Br. The minimum Gasteiger partial charge on any atom is -0.325 e. The van der Waals surface area contributed by atoms with Gasteiger partial charge in [-0.1, -0.05) is 38.8 Å². The molecule has 0 unspecified atom stereocenters. The number of hydrogen-bond donors (Lipinski definition) is 1. The van der Waals surface area contributed by atoms with Crippen LogP contribution < -0.4 is 5.32 Å². The Labute approximate surface area is 124 Å². The normalized spacial score (nSPS) is 10.3. The predicted octanol–water partition coefficient (Wildman–Crippen LogP) is 4.88. The maximum absolute atomic E-state index is 12.3. The van der Waals surface area contributed by atoms with Crippen LogP contribution in [0.3, 0.4) is 0 Å². The molecule has 0 atom stereocenters. The van der Waals surface area contributed by atoms with Gasteiger partial charge >= 0.3 is 6.03 Å². The summed E-state index contributed by atoms with van der Waals surface area (Å²) in [5.74, 6) is 0. The van der Waals surface area contributed by atoms with Gasteiger partial charge in [-0.15, -0.1) is 0 Å². The number of para-hydroxylation sites is 1. The Bertz CT molecular complexity index is 387. The fraction of sp³-hybridized carbons (Fsp3) is 0.533. The summed E-state index contributed by atoms with van der Waals surface area (Å²) in [5, 5.41) is 2.97. The maximum atomic E-state index is 12.3. The number of amides is 2. The van der Waals surface area contributed by atoms with E-state index in [1.165, 1.54) is 0 Å². The van der Waals surface area contributed by atoms with Crippen molar-refractivity contribution in [3.63, 3.8) is 0 Å². The van der Waals surface area contributed by atoms with Crippen molar-refractivity contribution in [2.75, 3.05) is 18.4 Å². The molecule has 3 nitrogen and oxygen atoms in total. The molecule has 0 aliphatic rings. The largest absolute Gasteiger partial charge is 0.325 e. The lowest BCUT2D eigenvalue weighted by Crippen LogP contribution is -2.36. The van der Waals surface area contributed by atoms with Gasteiger partial charge in [0, 0.05) is 17.6 Å². The molecule has 1 N–H and O–H groups in total. The third-order valence-electron chi connectivity index (χ3n) is 2.97. The van der Waals surface area contributed by atoms with Crippen LogP contribution in [0.1, 0.15) is 39.5 Å². The summed E-state index contributed by atoms with van der Waals surface area (Å²) in [6, 6.07) is 7.68. The second kappa shape index (κ2) is 8.97. The number of nitrogens with zero attached hydrogens (tertiary/aromatic N) is 1. The van der Waals surface area contributed by atoms with Crippen molar-refractivity contribution in [2.24, 2.45) is 0 Å². The van der Waals surface area contributed by atoms with Gasteiger partial charge in [-0.05, 0) is 40.9 Å². The quantitative estimate of drug-likeness (QED) is 0.760. The van der Waals surface area contributed by atoms with Crippen molar-refractivity contribution in [3.8, 4) is 0 Å². The molecule has 0 aromatic heterocycles. The van der Waals surface area contributed by atoms with Gasteiger partial charge in [0.1, 0.15) is 0 Å². The van der Waals surface area contributed by atoms with Gasteiger partial charge in [-0.2, -0.15) is 0 Å². The predicted molar refractivity (Wildman–Crippen MR) is 84.5 cm³/mol. The van der Waals surface area contributed by atoms with Gasteiger partial charge < -0.3 is 10.2 Å². The van der Waals surface area contributed by atoms with E-state index in [1.807, 2.05) is 29.2 Å². The van der Waals surface area contributed by atoms with E-state index in [2.05, 4.69) is 35.1 Å². The Morgan fingerprint density at radius 3 is 2.26 bits per heavy atom. The molecular weight excluding hydrogens is 304 g/mol. The summed E-state index contributed by atoms with van der Waals surface area (Å²) in [5.41, 5.74) is 0.825. The zero-order chi connectivity index (χ0) is 14.1. The van der Waals surface area contributed by atoms with Gasteiger partial charge in [0.25, 0.3) is 0 Å². The maximum Gasteiger partial charge on any atom is 0.321 e. The fourth-order valence-corrected chi connectivity index (χ4v) is 2.15. The third kappa shape index (κ3) is 5.64. The molecule has 1 rings (SSSR count). The Balaban J connectivity index is 2.62. The van der Waals surface area contributed by atoms with E-state index in [0.717, 1.165) is 48.9 Å². The summed E-state index contributed by atoms with van der Waals surface area (Å²) in [4.78, 5) is 14.2. The lowest BCUT2D eigenvalue weighted by Gasteiger charge is -2.23. The van der Waals surface area contributed by atoms with Crippen LogP contribution >= 0.6 is 15.9 Å². The van der Waals surface area contributed by atoms with E-state index in [4.69, 9.17) is 0 Å². The summed E-state index contributed by atoms with van der Waals surface area (Å²) in [7, 11) is 0. The highest BCUT2D eigenvalue weighted by molar-refractivity contribution is 9.10. The van der Waals surface area contributed by atoms with Crippen LogP contribution in [-0.4, -0.2) is 24.0 Å². The molecule has 0 aliphatic heterocycles. The first kappa shape index (κ1) is 16.0. The van der Waals surface area contributed by atoms with Crippen LogP contribution in [0.15, 0.2) is 28.7 Å². The molecule has 0 fully saturated rings. The zero-order valence-electron chi connectivity index (χ0n) is 11.8. The van der Waals surface area contributed by atoms with Crippen LogP contribution in [-0.2, 0) is 0 Å². The first-order valence-corrected chi connectivity index (χ1v) is 7.78. The van der Waals surface area contributed by atoms with E-state index in [0.29, 0.717) is 0 Å². The zero-order valence-corrected chi connectivity index (χ0v) is 13.4. The number of halogens is 1. The second-order valence-electron chi connectivity index (χ2n) is 4.60. The standard InChI is InChI=1S/C15H23BrN2O/c1-3-5-11-18(12-6-4-2)15(19)17-14-10-8-7-9-13(14)16/h7-10H,3-6,11-12H2,1-2H3,(H,17,19). The number of urea groups is 1. The van der Waals surface area contributed by atoms with Gasteiger partial charge in [0.15, 0.2) is 0 Å². The molecule has 0 radical (unpaired) electrons. The van der Waals surface area contributed by atoms with Crippen LogP contribution in [0.2, 0.25) is 0 Å². The Kier molecular flexibility index (Phi) is 7.56. The van der Waals surface area contributed by atoms with Crippen molar-refractivity contribution in [3.05, 3.63) is 28.7 Å². The van der Waals surface area contributed by atoms with E-state index >= 15 is 0 Å². The van der Waals surface area contributed by atoms with Gasteiger partial charge in [0.05, 0.1) is 5.69 Å². The van der Waals surface area contributed by atoms with Gasteiger partial charge in [-0.25, -0.2) is 4.79 Å². The summed E-state index contributed by atoms with van der Waals surface area (Å²) < 4.78 is 0.911. The van der Waals surface area contributed by atoms with E-state index < -0.39 is 0 Å². The highest BCUT2D eigenvalue weighted by atomic mass is 79.9. The molecule has 106 valence electrons. The summed E-state index contributed by atoms with van der Waals surface area (Å²) in [6.45, 7) is 5.94. The molecule has 0 heterocycles. The molecule has 0 bridgehead atoms. The van der Waals surface area contributed by atoms with E-state index in [-0.39, 0.29) is 6.03 Å². The highest BCUT2D eigenvalue weighted by Gasteiger charge is 2.13. The molecule has 1 aromatic carbocycles. The van der Waals surface area contributed by atoms with Crippen LogP contribution in [0, 0.1) is 0 Å². The van der Waals surface area contributed by atoms with Crippen LogP contribution in [0.5, 0.6) is 0 Å². The molecule has 2 amide bonds. The van der Waals surface area contributed by atoms with Crippen LogP contribution in [0.4, 0.5) is 10.5 Å². The molecule has 0 aliphatic carbocycles. The molecule has 0 saturated carbocycles. The van der Waals surface area contributed by atoms with Gasteiger partial charge in [0.2, 0.25) is 0 Å². The number of anilines is 1. The average molecular weight is 327 g/mol. The van der Waals surface area contributed by atoms with E-state index in [9.17, 15) is 4.79 Å². The van der Waals surface area contributed by atoms with Crippen molar-refractivity contribution in [1.82, 2.24) is 4.90 Å². The topological polar surface area (TPSA) is 32.3 Å². The fourth-order valence-electron chi connectivity index (χ4n) is 1.77. The number of unbranched alkanes of at least 4 members (excludes halogenated alkanes) is 2. The Morgan fingerprint density at radius 2 is 1.74 bits per heavy atom. The minimum atomic E-state index is -0.00574. The first-order valence-electron chi connectivity index (χ1n) is 6.99. The monoisotopic (exact) mass is 326 g/mol. The molecule has 19 heavy (non-hydrogen) atoms. The van der Waals surface area contributed by atoms with Crippen molar-refractivity contribution < 1.29 is 4.79 Å². The molecule has 4 heteroatoms. The van der Waals surface area contributed by atoms with E-state index in [1.54, 1.807) is 0 Å². The number of rotatable bonds is 7. The Hall–Kier alpha value is -1.03. The minimum absolute atomic E-state index is 0.00574. The number of carbonyl (C=O) groups excluding carboxylic acids is 1. The van der Waals surface area contributed by atoms with Crippen molar-refractivity contribution in [2.45, 2.75) is 39.5 Å². The highest BCUT2D eigenvalue weighted by Crippen LogP contribution is 2.21. The smallest absolute Gasteiger partial charge is 0.321 e. The number of nitrogens with one attached hydrogen (secondary N) is 1. The average Bonchev–Trinajstić information content (AvgIpc) is 2.41. The second-order valence-corrected chi connectivity index (χ2v) is 5.46. The van der Waals surface area contributed by atoms with Gasteiger partial charge in [-0.3, -0.25) is 0 Å².